The molecule has 1 aliphatic heterocycles. The van der Waals surface area contributed by atoms with Gasteiger partial charge in [0.1, 0.15) is 12.2 Å². The molecule has 100 valence electrons. The van der Waals surface area contributed by atoms with E-state index in [2.05, 4.69) is 10.3 Å². The van der Waals surface area contributed by atoms with Crippen LogP contribution in [0.4, 0.5) is 0 Å². The van der Waals surface area contributed by atoms with E-state index in [0.717, 1.165) is 11.4 Å². The Hall–Kier alpha value is -1.37. The minimum atomic E-state index is -0.997. The maximum atomic E-state index is 12.0. The summed E-state index contributed by atoms with van der Waals surface area (Å²) in [5.74, 6) is -0.279. The summed E-state index contributed by atoms with van der Waals surface area (Å²) in [6, 6.07) is 1.16. The van der Waals surface area contributed by atoms with E-state index in [1.165, 1.54) is 0 Å². The van der Waals surface area contributed by atoms with Gasteiger partial charge in [0, 0.05) is 11.4 Å². The van der Waals surface area contributed by atoms with Crippen LogP contribution in [0.5, 0.6) is 0 Å². The SMILES string of the molecule is Cc1cc(C(=O)N[C@@H]2COC[C@@H](O)[C@H]2O)c(C)[nH]1. The van der Waals surface area contributed by atoms with Gasteiger partial charge in [-0.05, 0) is 19.9 Å². The minimum Gasteiger partial charge on any atom is -0.388 e. The first-order valence-electron chi connectivity index (χ1n) is 5.90. The van der Waals surface area contributed by atoms with Crippen molar-refractivity contribution in [1.29, 1.82) is 0 Å². The van der Waals surface area contributed by atoms with Crippen molar-refractivity contribution in [3.05, 3.63) is 23.0 Å². The fourth-order valence-corrected chi connectivity index (χ4v) is 2.11. The topological polar surface area (TPSA) is 94.6 Å². The number of hydrogen-bond donors (Lipinski definition) is 4. The number of aryl methyl sites for hydroxylation is 2. The maximum absolute atomic E-state index is 12.0. The summed E-state index contributed by atoms with van der Waals surface area (Å²) in [7, 11) is 0. The van der Waals surface area contributed by atoms with Gasteiger partial charge in [0.25, 0.3) is 5.91 Å². The third-order valence-electron chi connectivity index (χ3n) is 3.10. The third kappa shape index (κ3) is 2.55. The molecular weight excluding hydrogens is 236 g/mol. The molecule has 0 aliphatic carbocycles. The summed E-state index contributed by atoms with van der Waals surface area (Å²) >= 11 is 0. The van der Waals surface area contributed by atoms with Crippen molar-refractivity contribution in [2.75, 3.05) is 13.2 Å². The molecule has 1 aromatic heterocycles. The number of aliphatic hydroxyl groups is 2. The van der Waals surface area contributed by atoms with Crippen LogP contribution in [0.25, 0.3) is 0 Å². The second kappa shape index (κ2) is 5.09. The number of rotatable bonds is 2. The highest BCUT2D eigenvalue weighted by Gasteiger charge is 2.32. The molecule has 0 spiro atoms. The van der Waals surface area contributed by atoms with E-state index in [1.54, 1.807) is 6.07 Å². The largest absolute Gasteiger partial charge is 0.388 e. The number of aromatic nitrogens is 1. The number of H-pyrrole nitrogens is 1. The van der Waals surface area contributed by atoms with Gasteiger partial charge < -0.3 is 25.3 Å². The Bertz CT molecular complexity index is 443. The standard InChI is InChI=1S/C12H18N2O4/c1-6-3-8(7(2)13-6)12(17)14-9-4-18-5-10(15)11(9)16/h3,9-11,13,15-16H,4-5H2,1-2H3,(H,14,17)/t9-,10-,11+/m1/s1. The summed E-state index contributed by atoms with van der Waals surface area (Å²) in [4.78, 5) is 15.1. The van der Waals surface area contributed by atoms with Crippen LogP contribution >= 0.6 is 0 Å². The molecule has 0 saturated carbocycles. The summed E-state index contributed by atoms with van der Waals surface area (Å²) in [6.07, 6.45) is -1.96. The lowest BCUT2D eigenvalue weighted by Crippen LogP contribution is -2.55. The predicted octanol–water partition coefficient (Wildman–Crippen LogP) is -0.518. The van der Waals surface area contributed by atoms with Gasteiger partial charge in [-0.2, -0.15) is 0 Å². The monoisotopic (exact) mass is 254 g/mol. The van der Waals surface area contributed by atoms with Gasteiger partial charge in [-0.1, -0.05) is 0 Å². The number of carbonyl (C=O) groups excluding carboxylic acids is 1. The fourth-order valence-electron chi connectivity index (χ4n) is 2.11. The van der Waals surface area contributed by atoms with Gasteiger partial charge in [-0.3, -0.25) is 4.79 Å². The molecule has 1 saturated heterocycles. The van der Waals surface area contributed by atoms with Crippen LogP contribution in [0.15, 0.2) is 6.07 Å². The molecule has 2 heterocycles. The first-order valence-corrected chi connectivity index (χ1v) is 5.90. The lowest BCUT2D eigenvalue weighted by molar-refractivity contribution is -0.102. The van der Waals surface area contributed by atoms with Gasteiger partial charge in [0.2, 0.25) is 0 Å². The van der Waals surface area contributed by atoms with E-state index in [1.807, 2.05) is 13.8 Å². The highest BCUT2D eigenvalue weighted by molar-refractivity contribution is 5.95. The molecule has 1 aromatic rings. The number of ether oxygens (including phenoxy) is 1. The van der Waals surface area contributed by atoms with Crippen molar-refractivity contribution in [2.45, 2.75) is 32.1 Å². The molecule has 18 heavy (non-hydrogen) atoms. The van der Waals surface area contributed by atoms with E-state index in [0.29, 0.717) is 5.56 Å². The lowest BCUT2D eigenvalue weighted by Gasteiger charge is -2.32. The highest BCUT2D eigenvalue weighted by Crippen LogP contribution is 2.12. The zero-order valence-corrected chi connectivity index (χ0v) is 10.4. The van der Waals surface area contributed by atoms with E-state index in [4.69, 9.17) is 4.74 Å². The van der Waals surface area contributed by atoms with Crippen LogP contribution in [-0.2, 0) is 4.74 Å². The zero-order valence-electron chi connectivity index (χ0n) is 10.4. The number of aliphatic hydroxyl groups excluding tert-OH is 2. The van der Waals surface area contributed by atoms with Crippen molar-refractivity contribution in [2.24, 2.45) is 0 Å². The number of nitrogens with one attached hydrogen (secondary N) is 2. The number of aromatic amines is 1. The van der Waals surface area contributed by atoms with Crippen molar-refractivity contribution in [3.63, 3.8) is 0 Å². The molecule has 3 atom stereocenters. The van der Waals surface area contributed by atoms with Gasteiger partial charge in [0.15, 0.2) is 0 Å². The lowest BCUT2D eigenvalue weighted by atomic mass is 10.0. The summed E-state index contributed by atoms with van der Waals surface area (Å²) in [5, 5.41) is 21.9. The maximum Gasteiger partial charge on any atom is 0.253 e. The summed E-state index contributed by atoms with van der Waals surface area (Å²) < 4.78 is 5.10. The Morgan fingerprint density at radius 3 is 2.78 bits per heavy atom. The zero-order chi connectivity index (χ0) is 13.3. The molecule has 0 radical (unpaired) electrons. The molecular formula is C12H18N2O4. The Balaban J connectivity index is 2.05. The average Bonchev–Trinajstić information content (AvgIpc) is 2.64. The quantitative estimate of drug-likeness (QED) is 0.571. The summed E-state index contributed by atoms with van der Waals surface area (Å²) in [6.45, 7) is 3.97. The molecule has 0 unspecified atom stereocenters. The van der Waals surface area contributed by atoms with Crippen molar-refractivity contribution in [1.82, 2.24) is 10.3 Å². The van der Waals surface area contributed by atoms with E-state index < -0.39 is 18.2 Å². The average molecular weight is 254 g/mol. The molecule has 6 nitrogen and oxygen atoms in total. The predicted molar refractivity (Wildman–Crippen MR) is 64.4 cm³/mol. The second-order valence-electron chi connectivity index (χ2n) is 4.67. The van der Waals surface area contributed by atoms with Gasteiger partial charge in [0.05, 0.1) is 24.8 Å². The second-order valence-corrected chi connectivity index (χ2v) is 4.67. The first-order chi connectivity index (χ1) is 8.49. The molecule has 1 fully saturated rings. The van der Waals surface area contributed by atoms with Crippen LogP contribution in [0.2, 0.25) is 0 Å². The Kier molecular flexibility index (Phi) is 3.70. The van der Waals surface area contributed by atoms with E-state index >= 15 is 0 Å². The molecule has 1 amide bonds. The molecule has 4 N–H and O–H groups in total. The van der Waals surface area contributed by atoms with Crippen LogP contribution in [0.3, 0.4) is 0 Å². The third-order valence-corrected chi connectivity index (χ3v) is 3.10. The van der Waals surface area contributed by atoms with Crippen molar-refractivity contribution < 1.29 is 19.7 Å². The number of carbonyl (C=O) groups is 1. The molecule has 0 bridgehead atoms. The summed E-state index contributed by atoms with van der Waals surface area (Å²) in [5.41, 5.74) is 2.22. The van der Waals surface area contributed by atoms with Crippen LogP contribution in [0.1, 0.15) is 21.7 Å². The molecule has 2 rings (SSSR count). The Labute approximate surface area is 105 Å². The minimum absolute atomic E-state index is 0.0931. The van der Waals surface area contributed by atoms with Crippen molar-refractivity contribution >= 4 is 5.91 Å². The first kappa shape index (κ1) is 13.1. The van der Waals surface area contributed by atoms with Gasteiger partial charge >= 0.3 is 0 Å². The number of hydrogen-bond acceptors (Lipinski definition) is 4. The normalized spacial score (nSPS) is 28.1. The highest BCUT2D eigenvalue weighted by atomic mass is 16.5. The molecule has 1 aliphatic rings. The molecule has 0 aromatic carbocycles. The van der Waals surface area contributed by atoms with E-state index in [-0.39, 0.29) is 19.1 Å². The molecule has 6 heteroatoms. The smallest absolute Gasteiger partial charge is 0.253 e. The van der Waals surface area contributed by atoms with Crippen LogP contribution in [0, 0.1) is 13.8 Å². The van der Waals surface area contributed by atoms with Gasteiger partial charge in [-0.25, -0.2) is 0 Å². The number of amides is 1. The van der Waals surface area contributed by atoms with Gasteiger partial charge in [-0.15, -0.1) is 0 Å². The van der Waals surface area contributed by atoms with Crippen LogP contribution < -0.4 is 5.32 Å². The Morgan fingerprint density at radius 1 is 1.44 bits per heavy atom. The van der Waals surface area contributed by atoms with Crippen molar-refractivity contribution in [3.8, 4) is 0 Å². The van der Waals surface area contributed by atoms with E-state index in [9.17, 15) is 15.0 Å². The Morgan fingerprint density at radius 2 is 2.17 bits per heavy atom. The van der Waals surface area contributed by atoms with Crippen LogP contribution in [-0.4, -0.2) is 52.6 Å². The fraction of sp³-hybridized carbons (Fsp3) is 0.583.